The number of anilines is 2. The number of para-hydroxylation sites is 2. The Morgan fingerprint density at radius 2 is 2.21 bits per heavy atom. The maximum Gasteiger partial charge on any atom is 0.244 e. The Hall–Kier alpha value is -1.75. The van der Waals surface area contributed by atoms with Gasteiger partial charge in [0.1, 0.15) is 6.04 Å². The molecule has 2 atom stereocenters. The predicted molar refractivity (Wildman–Crippen MR) is 74.3 cm³/mol. The van der Waals surface area contributed by atoms with E-state index in [1.54, 1.807) is 0 Å². The molecule has 0 radical (unpaired) electrons. The van der Waals surface area contributed by atoms with E-state index in [0.717, 1.165) is 31.0 Å². The molecule has 3 rings (SSSR count). The van der Waals surface area contributed by atoms with Crippen LogP contribution in [0.15, 0.2) is 24.3 Å². The van der Waals surface area contributed by atoms with E-state index in [4.69, 9.17) is 4.74 Å². The van der Waals surface area contributed by atoms with Gasteiger partial charge in [0.05, 0.1) is 18.0 Å². The molecule has 102 valence electrons. The van der Waals surface area contributed by atoms with Crippen molar-refractivity contribution in [3.8, 4) is 0 Å². The molecule has 2 unspecified atom stereocenters. The Morgan fingerprint density at radius 3 is 3.00 bits per heavy atom. The number of ether oxygens (including phenoxy) is 1. The van der Waals surface area contributed by atoms with Crippen LogP contribution in [0.5, 0.6) is 0 Å². The van der Waals surface area contributed by atoms with Gasteiger partial charge in [-0.1, -0.05) is 12.1 Å². The Morgan fingerprint density at radius 1 is 1.37 bits per heavy atom. The molecule has 2 aliphatic rings. The second kappa shape index (κ2) is 5.48. The number of fused-ring (bicyclic) bond motifs is 1. The van der Waals surface area contributed by atoms with E-state index >= 15 is 0 Å². The summed E-state index contributed by atoms with van der Waals surface area (Å²) in [6.45, 7) is 2.90. The van der Waals surface area contributed by atoms with Crippen molar-refractivity contribution in [3.63, 3.8) is 0 Å². The molecule has 1 amide bonds. The van der Waals surface area contributed by atoms with Gasteiger partial charge in [-0.05, 0) is 18.6 Å². The normalized spacial score (nSPS) is 25.1. The molecule has 3 N–H and O–H groups in total. The highest BCUT2D eigenvalue weighted by Crippen LogP contribution is 2.25. The third-order valence-corrected chi connectivity index (χ3v) is 3.66. The number of nitrogens with one attached hydrogen (secondary N) is 3. The maximum atomic E-state index is 12.1. The van der Waals surface area contributed by atoms with E-state index < -0.39 is 0 Å². The third-order valence-electron chi connectivity index (χ3n) is 3.66. The fraction of sp³-hybridized carbons (Fsp3) is 0.500. The zero-order valence-corrected chi connectivity index (χ0v) is 10.8. The first kappa shape index (κ1) is 12.3. The Kier molecular flexibility index (Phi) is 3.55. The summed E-state index contributed by atoms with van der Waals surface area (Å²) in [6, 6.07) is 7.72. The van der Waals surface area contributed by atoms with E-state index in [2.05, 4.69) is 16.0 Å². The van der Waals surface area contributed by atoms with Crippen LogP contribution in [-0.4, -0.2) is 38.3 Å². The van der Waals surface area contributed by atoms with Crippen molar-refractivity contribution in [1.82, 2.24) is 5.32 Å². The standard InChI is InChI=1S/C14H19N3O2/c18-14(16-7-10-5-6-19-9-10)13-8-15-11-3-1-2-4-12(11)17-13/h1-4,10,13,15,17H,5-9H2,(H,16,18). The summed E-state index contributed by atoms with van der Waals surface area (Å²) >= 11 is 0. The van der Waals surface area contributed by atoms with Gasteiger partial charge in [0.2, 0.25) is 5.91 Å². The lowest BCUT2D eigenvalue weighted by molar-refractivity contribution is -0.121. The highest BCUT2D eigenvalue weighted by atomic mass is 16.5. The number of benzene rings is 1. The highest BCUT2D eigenvalue weighted by Gasteiger charge is 2.24. The molecule has 5 nitrogen and oxygen atoms in total. The summed E-state index contributed by atoms with van der Waals surface area (Å²) in [7, 11) is 0. The van der Waals surface area contributed by atoms with Gasteiger partial charge >= 0.3 is 0 Å². The monoisotopic (exact) mass is 261 g/mol. The minimum absolute atomic E-state index is 0.0499. The number of amides is 1. The molecular formula is C14H19N3O2. The van der Waals surface area contributed by atoms with Gasteiger partial charge < -0.3 is 20.7 Å². The van der Waals surface area contributed by atoms with Crippen LogP contribution < -0.4 is 16.0 Å². The lowest BCUT2D eigenvalue weighted by atomic mass is 10.1. The predicted octanol–water partition coefficient (Wildman–Crippen LogP) is 1.05. The Balaban J connectivity index is 1.54. The number of carbonyl (C=O) groups excluding carboxylic acids is 1. The third kappa shape index (κ3) is 2.81. The summed E-state index contributed by atoms with van der Waals surface area (Å²) in [5.41, 5.74) is 2.04. The van der Waals surface area contributed by atoms with Crippen molar-refractivity contribution in [2.45, 2.75) is 12.5 Å². The van der Waals surface area contributed by atoms with Crippen LogP contribution in [-0.2, 0) is 9.53 Å². The van der Waals surface area contributed by atoms with Crippen molar-refractivity contribution in [2.75, 3.05) is 36.9 Å². The number of hydrogen-bond acceptors (Lipinski definition) is 4. The fourth-order valence-corrected chi connectivity index (χ4v) is 2.48. The molecule has 1 fully saturated rings. The largest absolute Gasteiger partial charge is 0.381 e. The zero-order valence-electron chi connectivity index (χ0n) is 10.8. The first-order chi connectivity index (χ1) is 9.33. The van der Waals surface area contributed by atoms with Gasteiger partial charge in [-0.2, -0.15) is 0 Å². The summed E-state index contributed by atoms with van der Waals surface area (Å²) in [4.78, 5) is 12.1. The molecule has 2 aliphatic heterocycles. The van der Waals surface area contributed by atoms with Gasteiger partial charge in [-0.15, -0.1) is 0 Å². The van der Waals surface area contributed by atoms with Crippen molar-refractivity contribution in [1.29, 1.82) is 0 Å². The molecule has 1 aromatic rings. The van der Waals surface area contributed by atoms with Crippen LogP contribution in [0.3, 0.4) is 0 Å². The first-order valence-corrected chi connectivity index (χ1v) is 6.78. The van der Waals surface area contributed by atoms with Crippen LogP contribution in [0.2, 0.25) is 0 Å². The van der Waals surface area contributed by atoms with Crippen molar-refractivity contribution < 1.29 is 9.53 Å². The summed E-state index contributed by atoms with van der Waals surface area (Å²) in [5.74, 6) is 0.515. The van der Waals surface area contributed by atoms with Gasteiger partial charge in [-0.3, -0.25) is 4.79 Å². The molecule has 19 heavy (non-hydrogen) atoms. The van der Waals surface area contributed by atoms with E-state index in [1.165, 1.54) is 0 Å². The van der Waals surface area contributed by atoms with Crippen molar-refractivity contribution in [3.05, 3.63) is 24.3 Å². The van der Waals surface area contributed by atoms with Crippen LogP contribution in [0.25, 0.3) is 0 Å². The fourth-order valence-electron chi connectivity index (χ4n) is 2.48. The van der Waals surface area contributed by atoms with Crippen LogP contribution in [0.1, 0.15) is 6.42 Å². The summed E-state index contributed by atoms with van der Waals surface area (Å²) in [5, 5.41) is 9.54. The lowest BCUT2D eigenvalue weighted by Gasteiger charge is -2.27. The lowest BCUT2D eigenvalue weighted by Crippen LogP contribution is -2.47. The van der Waals surface area contributed by atoms with E-state index in [-0.39, 0.29) is 11.9 Å². The average Bonchev–Trinajstić information content (AvgIpc) is 2.97. The van der Waals surface area contributed by atoms with Gasteiger partial charge in [0, 0.05) is 25.6 Å². The first-order valence-electron chi connectivity index (χ1n) is 6.78. The number of rotatable bonds is 3. The molecule has 1 saturated heterocycles. The molecular weight excluding hydrogens is 242 g/mol. The van der Waals surface area contributed by atoms with Gasteiger partial charge in [0.15, 0.2) is 0 Å². The van der Waals surface area contributed by atoms with Crippen LogP contribution in [0.4, 0.5) is 11.4 Å². The average molecular weight is 261 g/mol. The molecule has 1 aromatic carbocycles. The van der Waals surface area contributed by atoms with Crippen LogP contribution >= 0.6 is 0 Å². The molecule has 0 aromatic heterocycles. The van der Waals surface area contributed by atoms with Crippen LogP contribution in [0, 0.1) is 5.92 Å². The van der Waals surface area contributed by atoms with Gasteiger partial charge in [-0.25, -0.2) is 0 Å². The van der Waals surface area contributed by atoms with E-state index in [9.17, 15) is 4.79 Å². The zero-order chi connectivity index (χ0) is 13.1. The molecule has 0 spiro atoms. The smallest absolute Gasteiger partial charge is 0.244 e. The summed E-state index contributed by atoms with van der Waals surface area (Å²) < 4.78 is 5.30. The molecule has 5 heteroatoms. The Labute approximate surface area is 112 Å². The SMILES string of the molecule is O=C(NCC1CCOC1)C1CNc2ccccc2N1. The second-order valence-electron chi connectivity index (χ2n) is 5.10. The minimum atomic E-state index is -0.211. The van der Waals surface area contributed by atoms with Crippen molar-refractivity contribution >= 4 is 17.3 Å². The molecule has 0 bridgehead atoms. The van der Waals surface area contributed by atoms with Gasteiger partial charge in [0.25, 0.3) is 0 Å². The molecule has 2 heterocycles. The topological polar surface area (TPSA) is 62.4 Å². The van der Waals surface area contributed by atoms with E-state index in [1.807, 2.05) is 24.3 Å². The quantitative estimate of drug-likeness (QED) is 0.761. The number of hydrogen-bond donors (Lipinski definition) is 3. The maximum absolute atomic E-state index is 12.1. The molecule has 0 aliphatic carbocycles. The second-order valence-corrected chi connectivity index (χ2v) is 5.10. The minimum Gasteiger partial charge on any atom is -0.381 e. The van der Waals surface area contributed by atoms with Crippen molar-refractivity contribution in [2.24, 2.45) is 5.92 Å². The Bertz CT molecular complexity index is 458. The number of carbonyl (C=O) groups is 1. The van der Waals surface area contributed by atoms with E-state index in [0.29, 0.717) is 19.0 Å². The highest BCUT2D eigenvalue weighted by molar-refractivity contribution is 5.88. The summed E-state index contributed by atoms with van der Waals surface area (Å²) in [6.07, 6.45) is 1.04. The molecule has 0 saturated carbocycles.